The number of hydrogen-bond acceptors (Lipinski definition) is 1. The highest BCUT2D eigenvalue weighted by molar-refractivity contribution is 9.10. The van der Waals surface area contributed by atoms with Gasteiger partial charge in [-0.3, -0.25) is 0 Å². The summed E-state index contributed by atoms with van der Waals surface area (Å²) in [6.45, 7) is 2.10. The Balaban J connectivity index is 0.00000112. The van der Waals surface area contributed by atoms with E-state index in [0.29, 0.717) is 5.92 Å². The predicted octanol–water partition coefficient (Wildman–Crippen LogP) is 3.98. The maximum atomic E-state index is 6.20. The first-order valence-electron chi connectivity index (χ1n) is 5.20. The minimum absolute atomic E-state index is 0. The van der Waals surface area contributed by atoms with Gasteiger partial charge in [0.25, 0.3) is 0 Å². The molecular formula is C12H17BrClN. The topological polar surface area (TPSA) is 26.0 Å². The lowest BCUT2D eigenvalue weighted by Crippen LogP contribution is -2.26. The van der Waals surface area contributed by atoms with E-state index in [2.05, 4.69) is 41.1 Å². The Morgan fingerprint density at radius 1 is 1.40 bits per heavy atom. The Hall–Kier alpha value is -0.0500. The minimum atomic E-state index is 0. The number of halogens is 2. The molecule has 0 aliphatic heterocycles. The van der Waals surface area contributed by atoms with E-state index in [1.807, 2.05) is 0 Å². The fourth-order valence-electron chi connectivity index (χ4n) is 1.89. The minimum Gasteiger partial charge on any atom is -0.324 e. The largest absolute Gasteiger partial charge is 0.324 e. The summed E-state index contributed by atoms with van der Waals surface area (Å²) in [5.74, 6) is 0.713. The first-order valence-corrected chi connectivity index (χ1v) is 5.99. The van der Waals surface area contributed by atoms with E-state index in [-0.39, 0.29) is 18.4 Å². The van der Waals surface area contributed by atoms with Crippen molar-refractivity contribution in [2.45, 2.75) is 32.2 Å². The van der Waals surface area contributed by atoms with Crippen LogP contribution in [0.3, 0.4) is 0 Å². The Morgan fingerprint density at radius 2 is 2.07 bits per heavy atom. The fourth-order valence-corrected chi connectivity index (χ4v) is 2.28. The molecule has 0 aromatic heterocycles. The van der Waals surface area contributed by atoms with E-state index >= 15 is 0 Å². The first kappa shape index (κ1) is 13.0. The molecule has 2 N–H and O–H groups in total. The molecule has 0 saturated heterocycles. The van der Waals surface area contributed by atoms with Crippen LogP contribution in [0.4, 0.5) is 0 Å². The second-order valence-corrected chi connectivity index (χ2v) is 5.08. The van der Waals surface area contributed by atoms with E-state index in [9.17, 15) is 0 Å². The zero-order valence-corrected chi connectivity index (χ0v) is 11.3. The zero-order chi connectivity index (χ0) is 10.1. The summed E-state index contributed by atoms with van der Waals surface area (Å²) in [7, 11) is 0. The van der Waals surface area contributed by atoms with Gasteiger partial charge in [-0.05, 0) is 42.9 Å². The normalized spacial score (nSPS) is 17.8. The Morgan fingerprint density at radius 3 is 2.53 bits per heavy atom. The van der Waals surface area contributed by atoms with Crippen LogP contribution in [-0.2, 0) is 0 Å². The molecule has 0 bridgehead atoms. The third-order valence-corrected chi connectivity index (χ3v) is 4.09. The molecule has 1 nitrogen and oxygen atoms in total. The molecule has 2 rings (SSSR count). The van der Waals surface area contributed by atoms with Gasteiger partial charge in [0.2, 0.25) is 0 Å². The second kappa shape index (κ2) is 5.33. The third-order valence-electron chi connectivity index (χ3n) is 3.24. The highest BCUT2D eigenvalue weighted by atomic mass is 79.9. The van der Waals surface area contributed by atoms with Crippen molar-refractivity contribution in [3.63, 3.8) is 0 Å². The van der Waals surface area contributed by atoms with E-state index in [1.54, 1.807) is 0 Å². The van der Waals surface area contributed by atoms with Gasteiger partial charge in [0.15, 0.2) is 0 Å². The van der Waals surface area contributed by atoms with Crippen LogP contribution in [-0.4, -0.2) is 0 Å². The summed E-state index contributed by atoms with van der Waals surface area (Å²) >= 11 is 3.55. The van der Waals surface area contributed by atoms with E-state index in [1.165, 1.54) is 34.9 Å². The van der Waals surface area contributed by atoms with Crippen LogP contribution in [0.2, 0.25) is 0 Å². The summed E-state index contributed by atoms with van der Waals surface area (Å²) in [5.41, 5.74) is 8.74. The maximum Gasteiger partial charge on any atom is 0.0323 e. The average Bonchev–Trinajstić information content (AvgIpc) is 2.06. The summed E-state index contributed by atoms with van der Waals surface area (Å²) < 4.78 is 1.17. The number of hydrogen-bond donors (Lipinski definition) is 1. The van der Waals surface area contributed by atoms with Crippen LogP contribution in [0.25, 0.3) is 0 Å². The number of benzene rings is 1. The van der Waals surface area contributed by atoms with Gasteiger partial charge < -0.3 is 5.73 Å². The van der Waals surface area contributed by atoms with Gasteiger partial charge in [-0.1, -0.05) is 34.5 Å². The van der Waals surface area contributed by atoms with Gasteiger partial charge >= 0.3 is 0 Å². The van der Waals surface area contributed by atoms with E-state index < -0.39 is 0 Å². The van der Waals surface area contributed by atoms with Crippen molar-refractivity contribution in [2.24, 2.45) is 11.7 Å². The van der Waals surface area contributed by atoms with Crippen molar-refractivity contribution in [3.05, 3.63) is 33.8 Å². The molecule has 1 aliphatic rings. The highest BCUT2D eigenvalue weighted by Gasteiger charge is 2.25. The molecule has 1 aromatic rings. The molecule has 0 unspecified atom stereocenters. The molecule has 1 atom stereocenters. The Kier molecular flexibility index (Phi) is 4.63. The molecule has 84 valence electrons. The SMILES string of the molecule is Cc1ccc([C@H](N)C2CCC2)cc1Br.Cl. The van der Waals surface area contributed by atoms with Gasteiger partial charge in [-0.2, -0.15) is 0 Å². The maximum absolute atomic E-state index is 6.20. The lowest BCUT2D eigenvalue weighted by Gasteiger charge is -2.31. The van der Waals surface area contributed by atoms with Gasteiger partial charge in [0.1, 0.15) is 0 Å². The number of rotatable bonds is 2. The van der Waals surface area contributed by atoms with Gasteiger partial charge in [-0.15, -0.1) is 12.4 Å². The predicted molar refractivity (Wildman–Crippen MR) is 70.4 cm³/mol. The molecule has 0 radical (unpaired) electrons. The summed E-state index contributed by atoms with van der Waals surface area (Å²) in [4.78, 5) is 0. The van der Waals surface area contributed by atoms with E-state index in [4.69, 9.17) is 5.73 Å². The lowest BCUT2D eigenvalue weighted by atomic mass is 9.77. The monoisotopic (exact) mass is 289 g/mol. The van der Waals surface area contributed by atoms with Crippen LogP contribution < -0.4 is 5.73 Å². The van der Waals surface area contributed by atoms with Gasteiger partial charge in [-0.25, -0.2) is 0 Å². The second-order valence-electron chi connectivity index (χ2n) is 4.23. The van der Waals surface area contributed by atoms with Crippen LogP contribution in [0.15, 0.2) is 22.7 Å². The van der Waals surface area contributed by atoms with Crippen molar-refractivity contribution in [3.8, 4) is 0 Å². The summed E-state index contributed by atoms with van der Waals surface area (Å²) in [6, 6.07) is 6.69. The summed E-state index contributed by atoms with van der Waals surface area (Å²) in [6.07, 6.45) is 3.95. The third kappa shape index (κ3) is 2.74. The molecule has 3 heteroatoms. The summed E-state index contributed by atoms with van der Waals surface area (Å²) in [5, 5.41) is 0. The molecule has 0 heterocycles. The molecular weight excluding hydrogens is 273 g/mol. The van der Waals surface area contributed by atoms with Crippen molar-refractivity contribution in [2.75, 3.05) is 0 Å². The smallest absolute Gasteiger partial charge is 0.0323 e. The van der Waals surface area contributed by atoms with Crippen molar-refractivity contribution in [1.82, 2.24) is 0 Å². The standard InChI is InChI=1S/C12H16BrN.ClH/c1-8-5-6-10(7-11(8)13)12(14)9-3-2-4-9;/h5-7,9,12H,2-4,14H2,1H3;1H/t12-;/m1./s1. The van der Waals surface area contributed by atoms with Gasteiger partial charge in [0, 0.05) is 10.5 Å². The Labute approximate surface area is 106 Å². The molecule has 0 amide bonds. The molecule has 1 aliphatic carbocycles. The van der Waals surface area contributed by atoms with Crippen LogP contribution >= 0.6 is 28.3 Å². The van der Waals surface area contributed by atoms with Crippen LogP contribution in [0, 0.1) is 12.8 Å². The molecule has 15 heavy (non-hydrogen) atoms. The van der Waals surface area contributed by atoms with E-state index in [0.717, 1.165) is 0 Å². The molecule has 1 saturated carbocycles. The molecule has 0 spiro atoms. The first-order chi connectivity index (χ1) is 6.68. The Bertz CT molecular complexity index is 336. The van der Waals surface area contributed by atoms with Crippen molar-refractivity contribution < 1.29 is 0 Å². The molecule has 1 aromatic carbocycles. The molecule has 1 fully saturated rings. The average molecular weight is 291 g/mol. The zero-order valence-electron chi connectivity index (χ0n) is 8.87. The number of nitrogens with two attached hydrogens (primary N) is 1. The fraction of sp³-hybridized carbons (Fsp3) is 0.500. The lowest BCUT2D eigenvalue weighted by molar-refractivity contribution is 0.264. The quantitative estimate of drug-likeness (QED) is 0.876. The highest BCUT2D eigenvalue weighted by Crippen LogP contribution is 2.36. The van der Waals surface area contributed by atoms with Crippen molar-refractivity contribution in [1.29, 1.82) is 0 Å². The van der Waals surface area contributed by atoms with Crippen LogP contribution in [0.5, 0.6) is 0 Å². The number of aryl methyl sites for hydroxylation is 1. The van der Waals surface area contributed by atoms with Crippen molar-refractivity contribution >= 4 is 28.3 Å². The van der Waals surface area contributed by atoms with Crippen LogP contribution in [0.1, 0.15) is 36.4 Å². The van der Waals surface area contributed by atoms with Gasteiger partial charge in [0.05, 0.1) is 0 Å².